The number of benzene rings is 2. The van der Waals surface area contributed by atoms with Crippen molar-refractivity contribution in [3.63, 3.8) is 0 Å². The lowest BCUT2D eigenvalue weighted by Gasteiger charge is -2.29. The molecule has 1 aliphatic rings. The summed E-state index contributed by atoms with van der Waals surface area (Å²) < 4.78 is 41.5. The minimum Gasteiger partial charge on any atom is -0.314 e. The molecule has 2 aromatic carbocycles. The van der Waals surface area contributed by atoms with Gasteiger partial charge in [0.05, 0.1) is 5.69 Å². The van der Waals surface area contributed by atoms with Crippen LogP contribution in [0.25, 0.3) is 0 Å². The summed E-state index contributed by atoms with van der Waals surface area (Å²) >= 11 is 11.5. The van der Waals surface area contributed by atoms with E-state index in [1.807, 2.05) is 0 Å². The van der Waals surface area contributed by atoms with Gasteiger partial charge >= 0.3 is 12.2 Å². The van der Waals surface area contributed by atoms with Gasteiger partial charge in [0.2, 0.25) is 0 Å². The second-order valence-corrected chi connectivity index (χ2v) is 6.63. The molecule has 1 heterocycles. The van der Waals surface area contributed by atoms with Crippen LogP contribution < -0.4 is 15.5 Å². The van der Waals surface area contributed by atoms with Gasteiger partial charge in [0.15, 0.2) is 0 Å². The summed E-state index contributed by atoms with van der Waals surface area (Å²) in [5.74, 6) is -2.94. The maximum Gasteiger partial charge on any atom is 0.440 e. The monoisotopic (exact) mass is 431 g/mol. The molecule has 0 saturated carbocycles. The van der Waals surface area contributed by atoms with Gasteiger partial charge in [-0.2, -0.15) is 13.2 Å². The number of hydrogen-bond acceptors (Lipinski definition) is 3. The van der Waals surface area contributed by atoms with Crippen LogP contribution >= 0.6 is 23.2 Å². The lowest BCUT2D eigenvalue weighted by molar-refractivity contribution is -0.197. The van der Waals surface area contributed by atoms with Gasteiger partial charge in [0.25, 0.3) is 17.5 Å². The van der Waals surface area contributed by atoms with Crippen molar-refractivity contribution in [3.8, 4) is 0 Å². The van der Waals surface area contributed by atoms with Gasteiger partial charge in [-0.3, -0.25) is 14.9 Å². The third kappa shape index (κ3) is 3.38. The fraction of sp³-hybridized carbons (Fsp3) is 0.118. The number of carbonyl (C=O) groups is 3. The molecule has 1 atom stereocenters. The molecule has 4 amide bonds. The summed E-state index contributed by atoms with van der Waals surface area (Å²) in [6.45, 7) is 0. The molecule has 0 unspecified atom stereocenters. The first-order valence-corrected chi connectivity index (χ1v) is 8.38. The van der Waals surface area contributed by atoms with Crippen molar-refractivity contribution in [2.75, 3.05) is 4.90 Å². The van der Waals surface area contributed by atoms with Gasteiger partial charge in [0.1, 0.15) is 0 Å². The van der Waals surface area contributed by atoms with E-state index in [2.05, 4.69) is 0 Å². The number of nitrogens with zero attached hydrogens (tertiary/aromatic N) is 1. The second-order valence-electron chi connectivity index (χ2n) is 5.76. The molecule has 0 bridgehead atoms. The number of anilines is 1. The Hall–Kier alpha value is -2.78. The maximum atomic E-state index is 13.8. The number of imide groups is 1. The molecule has 0 aliphatic carbocycles. The average Bonchev–Trinajstić information content (AvgIpc) is 2.86. The first kappa shape index (κ1) is 20.0. The minimum absolute atomic E-state index is 0.104. The van der Waals surface area contributed by atoms with E-state index in [4.69, 9.17) is 23.2 Å². The second kappa shape index (κ2) is 6.99. The van der Waals surface area contributed by atoms with Gasteiger partial charge in [-0.15, -0.1) is 0 Å². The molecule has 1 fully saturated rings. The Kier molecular flexibility index (Phi) is 4.99. The summed E-state index contributed by atoms with van der Waals surface area (Å²) in [6, 6.07) is 8.74. The zero-order valence-corrected chi connectivity index (χ0v) is 15.2. The molecule has 6 nitrogen and oxygen atoms in total. The Bertz CT molecular complexity index is 966. The van der Waals surface area contributed by atoms with E-state index in [1.54, 1.807) is 10.6 Å². The van der Waals surface area contributed by atoms with Crippen LogP contribution in [0.3, 0.4) is 0 Å². The number of urea groups is 1. The van der Waals surface area contributed by atoms with Crippen LogP contribution in [0, 0.1) is 0 Å². The van der Waals surface area contributed by atoms with Gasteiger partial charge in [-0.1, -0.05) is 29.3 Å². The van der Waals surface area contributed by atoms with Crippen molar-refractivity contribution in [1.29, 1.82) is 0 Å². The van der Waals surface area contributed by atoms with Crippen molar-refractivity contribution < 1.29 is 27.6 Å². The highest BCUT2D eigenvalue weighted by atomic mass is 35.5. The van der Waals surface area contributed by atoms with E-state index in [1.165, 1.54) is 42.5 Å². The zero-order valence-electron chi connectivity index (χ0n) is 13.7. The largest absolute Gasteiger partial charge is 0.440 e. The highest BCUT2D eigenvalue weighted by molar-refractivity contribution is 6.32. The van der Waals surface area contributed by atoms with Crippen LogP contribution in [-0.4, -0.2) is 29.7 Å². The van der Waals surface area contributed by atoms with Crippen molar-refractivity contribution in [2.24, 2.45) is 0 Å². The van der Waals surface area contributed by atoms with E-state index in [0.29, 0.717) is 0 Å². The smallest absolute Gasteiger partial charge is 0.314 e. The molecule has 3 rings (SSSR count). The third-order valence-electron chi connectivity index (χ3n) is 3.92. The van der Waals surface area contributed by atoms with Gasteiger partial charge in [-0.05, 0) is 42.5 Å². The van der Waals surface area contributed by atoms with Crippen molar-refractivity contribution in [3.05, 3.63) is 64.1 Å². The van der Waals surface area contributed by atoms with Crippen LogP contribution in [0.15, 0.2) is 48.5 Å². The molecule has 11 heteroatoms. The van der Waals surface area contributed by atoms with Crippen molar-refractivity contribution >= 4 is 46.7 Å². The van der Waals surface area contributed by atoms with Gasteiger partial charge in [0, 0.05) is 15.6 Å². The number of nitrogens with one attached hydrogen (secondary N) is 2. The average molecular weight is 432 g/mol. The molecule has 28 heavy (non-hydrogen) atoms. The quantitative estimate of drug-likeness (QED) is 0.726. The topological polar surface area (TPSA) is 78.5 Å². The zero-order chi connectivity index (χ0) is 20.7. The van der Waals surface area contributed by atoms with E-state index >= 15 is 0 Å². The summed E-state index contributed by atoms with van der Waals surface area (Å²) in [6.07, 6.45) is -5.32. The highest BCUT2D eigenvalue weighted by Gasteiger charge is 2.69. The maximum absolute atomic E-state index is 13.8. The molecule has 0 spiro atoms. The summed E-state index contributed by atoms with van der Waals surface area (Å²) in [5.41, 5.74) is -4.00. The highest BCUT2D eigenvalue weighted by Crippen LogP contribution is 2.36. The van der Waals surface area contributed by atoms with E-state index in [0.717, 1.165) is 6.07 Å². The van der Waals surface area contributed by atoms with Crippen LogP contribution in [0.5, 0.6) is 0 Å². The third-order valence-corrected chi connectivity index (χ3v) is 4.41. The molecule has 1 saturated heterocycles. The van der Waals surface area contributed by atoms with E-state index in [9.17, 15) is 27.6 Å². The normalized spacial score (nSPS) is 19.5. The predicted octanol–water partition coefficient (Wildman–Crippen LogP) is 3.74. The Labute approximate surface area is 166 Å². The molecule has 1 aliphatic heterocycles. The first-order chi connectivity index (χ1) is 13.0. The number of rotatable bonds is 3. The van der Waals surface area contributed by atoms with Crippen LogP contribution in [-0.2, 0) is 4.79 Å². The van der Waals surface area contributed by atoms with Crippen LogP contribution in [0.2, 0.25) is 10.0 Å². The molecule has 2 aromatic rings. The number of carbonyl (C=O) groups excluding carboxylic acids is 3. The van der Waals surface area contributed by atoms with E-state index in [-0.39, 0.29) is 26.2 Å². The lowest BCUT2D eigenvalue weighted by atomic mass is 10.1. The fourth-order valence-corrected chi connectivity index (χ4v) is 2.88. The summed E-state index contributed by atoms with van der Waals surface area (Å²) in [5, 5.41) is 3.52. The van der Waals surface area contributed by atoms with Gasteiger partial charge in [-0.25, -0.2) is 9.69 Å². The van der Waals surface area contributed by atoms with Crippen molar-refractivity contribution in [1.82, 2.24) is 10.6 Å². The minimum atomic E-state index is -5.32. The Balaban J connectivity index is 2.00. The first-order valence-electron chi connectivity index (χ1n) is 7.62. The van der Waals surface area contributed by atoms with E-state index < -0.39 is 29.7 Å². The molecule has 146 valence electrons. The van der Waals surface area contributed by atoms with Crippen LogP contribution in [0.1, 0.15) is 10.4 Å². The number of halogens is 5. The molecule has 0 aromatic heterocycles. The molecular formula is C17H10Cl2F3N3O3. The Morgan fingerprint density at radius 1 is 1.04 bits per heavy atom. The lowest BCUT2D eigenvalue weighted by Crippen LogP contribution is -2.69. The van der Waals surface area contributed by atoms with Crippen molar-refractivity contribution in [2.45, 2.75) is 11.8 Å². The predicted molar refractivity (Wildman–Crippen MR) is 95.2 cm³/mol. The number of hydrogen-bond donors (Lipinski definition) is 2. The standard InChI is InChI=1S/C17H10Cl2F3N3O3/c18-10-6-4-9(5-7-10)13(26)23-16(17(20,21)22)14(27)25(15(28)24-16)12-3-1-2-11(19)8-12/h1-8H,(H,23,26)(H,24,28)/t16-/m0/s1. The Morgan fingerprint density at radius 2 is 1.68 bits per heavy atom. The molecule has 0 radical (unpaired) electrons. The molecule has 2 N–H and O–H groups in total. The summed E-state index contributed by atoms with van der Waals surface area (Å²) in [4.78, 5) is 37.4. The fourth-order valence-electron chi connectivity index (χ4n) is 2.57. The Morgan fingerprint density at radius 3 is 2.25 bits per heavy atom. The summed E-state index contributed by atoms with van der Waals surface area (Å²) in [7, 11) is 0. The number of alkyl halides is 3. The van der Waals surface area contributed by atoms with Crippen LogP contribution in [0.4, 0.5) is 23.7 Å². The number of amides is 4. The SMILES string of the molecule is O=C(N[C@]1(C(F)(F)F)NC(=O)N(c2cccc(Cl)c2)C1=O)c1ccc(Cl)cc1. The van der Waals surface area contributed by atoms with Gasteiger partial charge < -0.3 is 5.32 Å². The molecular weight excluding hydrogens is 422 g/mol.